The summed E-state index contributed by atoms with van der Waals surface area (Å²) in [7, 11) is 2.73. The summed E-state index contributed by atoms with van der Waals surface area (Å²) in [4.78, 5) is 0. The predicted octanol–water partition coefficient (Wildman–Crippen LogP) is 2.50. The molecule has 1 unspecified atom stereocenters. The first kappa shape index (κ1) is 11.6. The molecule has 0 saturated heterocycles. The van der Waals surface area contributed by atoms with E-state index in [1.54, 1.807) is 24.3 Å². The van der Waals surface area contributed by atoms with Crippen LogP contribution in [0, 0.1) is 0 Å². The molecule has 0 aliphatic rings. The van der Waals surface area contributed by atoms with Gasteiger partial charge in [-0.1, -0.05) is 29.8 Å². The fourth-order valence-electron chi connectivity index (χ4n) is 1.01. The van der Waals surface area contributed by atoms with Crippen LogP contribution < -0.4 is 4.74 Å². The number of halogens is 2. The summed E-state index contributed by atoms with van der Waals surface area (Å²) in [6, 6.07) is 6.55. The third kappa shape index (κ3) is 2.53. The van der Waals surface area contributed by atoms with Crippen molar-refractivity contribution >= 4 is 31.3 Å². The number of para-hydroxylation sites is 1. The Morgan fingerprint density at radius 1 is 1.36 bits per heavy atom. The topological polar surface area (TPSA) is 43.4 Å². The van der Waals surface area contributed by atoms with E-state index in [-0.39, 0.29) is 0 Å². The minimum absolute atomic E-state index is 0.340. The second-order valence-electron chi connectivity index (χ2n) is 2.53. The van der Waals surface area contributed by atoms with Crippen molar-refractivity contribution in [3.8, 4) is 5.75 Å². The summed E-state index contributed by atoms with van der Waals surface area (Å²) in [6.45, 7) is 0. The van der Waals surface area contributed by atoms with Crippen molar-refractivity contribution in [2.45, 2.75) is 4.71 Å². The van der Waals surface area contributed by atoms with E-state index < -0.39 is 13.8 Å². The molecule has 1 aromatic carbocycles. The Morgan fingerprint density at radius 3 is 2.43 bits per heavy atom. The van der Waals surface area contributed by atoms with E-state index in [4.69, 9.17) is 27.0 Å². The number of rotatable bonds is 3. The van der Waals surface area contributed by atoms with Crippen molar-refractivity contribution in [3.63, 3.8) is 0 Å². The SMILES string of the molecule is COc1ccccc1C(Cl)S(=O)(=O)Cl. The lowest BCUT2D eigenvalue weighted by molar-refractivity contribution is 0.410. The predicted molar refractivity (Wildman–Crippen MR) is 56.4 cm³/mol. The molecule has 0 bridgehead atoms. The number of hydrogen-bond donors (Lipinski definition) is 0. The zero-order valence-electron chi connectivity index (χ0n) is 7.28. The van der Waals surface area contributed by atoms with Gasteiger partial charge in [-0.25, -0.2) is 8.42 Å². The van der Waals surface area contributed by atoms with Crippen LogP contribution in [0.2, 0.25) is 0 Å². The second-order valence-corrected chi connectivity index (χ2v) is 5.94. The Bertz CT molecular complexity index is 416. The van der Waals surface area contributed by atoms with E-state index in [1.807, 2.05) is 0 Å². The van der Waals surface area contributed by atoms with Crippen molar-refractivity contribution < 1.29 is 13.2 Å². The van der Waals surface area contributed by atoms with Crippen LogP contribution in [0.4, 0.5) is 0 Å². The monoisotopic (exact) mass is 254 g/mol. The number of ether oxygens (including phenoxy) is 1. The zero-order chi connectivity index (χ0) is 10.8. The van der Waals surface area contributed by atoms with Gasteiger partial charge in [-0.3, -0.25) is 0 Å². The van der Waals surface area contributed by atoms with Gasteiger partial charge in [0.1, 0.15) is 5.75 Å². The van der Waals surface area contributed by atoms with Crippen LogP contribution >= 0.6 is 22.3 Å². The zero-order valence-corrected chi connectivity index (χ0v) is 9.60. The fourth-order valence-corrected chi connectivity index (χ4v) is 1.97. The highest BCUT2D eigenvalue weighted by Gasteiger charge is 2.25. The minimum atomic E-state index is -3.83. The van der Waals surface area contributed by atoms with Crippen LogP contribution in [0.15, 0.2) is 24.3 Å². The molecular formula is C8H8Cl2O3S. The van der Waals surface area contributed by atoms with Gasteiger partial charge >= 0.3 is 0 Å². The molecule has 3 nitrogen and oxygen atoms in total. The number of methoxy groups -OCH3 is 1. The Labute approximate surface area is 92.0 Å². The van der Waals surface area contributed by atoms with Gasteiger partial charge in [-0.2, -0.15) is 0 Å². The van der Waals surface area contributed by atoms with Crippen molar-refractivity contribution in [2.75, 3.05) is 7.11 Å². The largest absolute Gasteiger partial charge is 0.496 e. The van der Waals surface area contributed by atoms with Crippen molar-refractivity contribution in [1.29, 1.82) is 0 Å². The summed E-state index contributed by atoms with van der Waals surface area (Å²) in [5.41, 5.74) is 0.340. The highest BCUT2D eigenvalue weighted by Crippen LogP contribution is 2.35. The highest BCUT2D eigenvalue weighted by atomic mass is 35.7. The average Bonchev–Trinajstić information content (AvgIpc) is 2.15. The molecule has 0 aliphatic heterocycles. The Morgan fingerprint density at radius 2 is 1.93 bits per heavy atom. The van der Waals surface area contributed by atoms with Gasteiger partial charge in [0.2, 0.25) is 0 Å². The van der Waals surface area contributed by atoms with Gasteiger partial charge in [0.15, 0.2) is 4.71 Å². The Hall–Kier alpha value is -0.450. The van der Waals surface area contributed by atoms with Gasteiger partial charge in [0.25, 0.3) is 9.05 Å². The molecule has 6 heteroatoms. The quantitative estimate of drug-likeness (QED) is 0.615. The highest BCUT2D eigenvalue weighted by molar-refractivity contribution is 8.14. The third-order valence-corrected chi connectivity index (χ3v) is 4.13. The van der Waals surface area contributed by atoms with E-state index in [0.717, 1.165) is 0 Å². The lowest BCUT2D eigenvalue weighted by Gasteiger charge is -2.10. The van der Waals surface area contributed by atoms with Crippen LogP contribution in [0.5, 0.6) is 5.75 Å². The van der Waals surface area contributed by atoms with Gasteiger partial charge < -0.3 is 4.74 Å². The lowest BCUT2D eigenvalue weighted by atomic mass is 10.2. The second kappa shape index (κ2) is 4.38. The normalized spacial score (nSPS) is 13.6. The molecule has 0 N–H and O–H groups in total. The summed E-state index contributed by atoms with van der Waals surface area (Å²) in [5, 5.41) is 0. The van der Waals surface area contributed by atoms with Gasteiger partial charge in [-0.15, -0.1) is 0 Å². The maximum Gasteiger partial charge on any atom is 0.253 e. The first-order valence-electron chi connectivity index (χ1n) is 3.67. The summed E-state index contributed by atoms with van der Waals surface area (Å²) < 4.78 is 25.6. The molecule has 0 saturated carbocycles. The standard InChI is InChI=1S/C8H8Cl2O3S/c1-13-7-5-3-2-4-6(7)8(9)14(10,11)12/h2-5,8H,1H3. The molecule has 0 heterocycles. The first-order chi connectivity index (χ1) is 6.46. The van der Waals surface area contributed by atoms with Gasteiger partial charge in [-0.05, 0) is 6.07 Å². The summed E-state index contributed by atoms with van der Waals surface area (Å²) in [6.07, 6.45) is 0. The summed E-state index contributed by atoms with van der Waals surface area (Å²) >= 11 is 5.67. The average molecular weight is 255 g/mol. The fraction of sp³-hybridized carbons (Fsp3) is 0.250. The molecule has 78 valence electrons. The lowest BCUT2D eigenvalue weighted by Crippen LogP contribution is -2.02. The van der Waals surface area contributed by atoms with E-state index >= 15 is 0 Å². The number of alkyl halides is 1. The number of benzene rings is 1. The van der Waals surface area contributed by atoms with Gasteiger partial charge in [0.05, 0.1) is 7.11 Å². The molecule has 1 aromatic rings. The maximum atomic E-state index is 11.0. The molecule has 0 fully saturated rings. The van der Waals surface area contributed by atoms with E-state index in [1.165, 1.54) is 7.11 Å². The van der Waals surface area contributed by atoms with Crippen molar-refractivity contribution in [2.24, 2.45) is 0 Å². The maximum absolute atomic E-state index is 11.0. The van der Waals surface area contributed by atoms with Crippen molar-refractivity contribution in [3.05, 3.63) is 29.8 Å². The molecule has 0 radical (unpaired) electrons. The molecule has 0 spiro atoms. The minimum Gasteiger partial charge on any atom is -0.496 e. The van der Waals surface area contributed by atoms with E-state index in [0.29, 0.717) is 11.3 Å². The molecule has 1 atom stereocenters. The van der Waals surface area contributed by atoms with Crippen LogP contribution in [-0.4, -0.2) is 15.5 Å². The van der Waals surface area contributed by atoms with Crippen LogP contribution in [0.1, 0.15) is 10.3 Å². The Balaban J connectivity index is 3.19. The summed E-state index contributed by atoms with van der Waals surface area (Å²) in [5.74, 6) is 0.400. The molecule has 0 aliphatic carbocycles. The third-order valence-electron chi connectivity index (χ3n) is 1.63. The van der Waals surface area contributed by atoms with Crippen LogP contribution in [0.25, 0.3) is 0 Å². The number of hydrogen-bond acceptors (Lipinski definition) is 3. The van der Waals surface area contributed by atoms with Crippen LogP contribution in [0.3, 0.4) is 0 Å². The molecule has 0 aromatic heterocycles. The van der Waals surface area contributed by atoms with Gasteiger partial charge in [0, 0.05) is 16.2 Å². The first-order valence-corrected chi connectivity index (χ1v) is 6.48. The van der Waals surface area contributed by atoms with E-state index in [2.05, 4.69) is 0 Å². The Kier molecular flexibility index (Phi) is 3.64. The van der Waals surface area contributed by atoms with Crippen LogP contribution in [-0.2, 0) is 9.05 Å². The van der Waals surface area contributed by atoms with Crippen molar-refractivity contribution in [1.82, 2.24) is 0 Å². The smallest absolute Gasteiger partial charge is 0.253 e. The molecular weight excluding hydrogens is 247 g/mol. The molecule has 0 amide bonds. The molecule has 1 rings (SSSR count). The van der Waals surface area contributed by atoms with E-state index in [9.17, 15) is 8.42 Å². The molecule has 14 heavy (non-hydrogen) atoms.